The lowest BCUT2D eigenvalue weighted by atomic mass is 10.1. The van der Waals surface area contributed by atoms with Gasteiger partial charge in [-0.15, -0.1) is 11.8 Å². The van der Waals surface area contributed by atoms with E-state index in [2.05, 4.69) is 30.4 Å². The van der Waals surface area contributed by atoms with E-state index in [1.807, 2.05) is 11.8 Å². The molecule has 1 aromatic carbocycles. The summed E-state index contributed by atoms with van der Waals surface area (Å²) in [4.78, 5) is 1.43. The summed E-state index contributed by atoms with van der Waals surface area (Å²) in [6, 6.07) is 7.03. The Balaban J connectivity index is 1.42. The van der Waals surface area contributed by atoms with E-state index in [9.17, 15) is 0 Å². The molecule has 1 N–H and O–H groups in total. The van der Waals surface area contributed by atoms with Crippen LogP contribution in [0.25, 0.3) is 0 Å². The Hall–Kier alpha value is -0.510. The Morgan fingerprint density at radius 1 is 1.30 bits per heavy atom. The van der Waals surface area contributed by atoms with Crippen LogP contribution in [-0.4, -0.2) is 31.1 Å². The number of hydrogen-bond donors (Lipinski definition) is 1. The largest absolute Gasteiger partial charge is 0.377 e. The number of nitrogens with one attached hydrogen (secondary N) is 1. The molecule has 3 rings (SSSR count). The standard InChI is InChI=1S/C17H25NOS/c1-13(11-18-12-16-6-3-9-19-16)20-17-8-7-14-4-2-5-15(14)10-17/h7-8,10,13,16,18H,2-6,9,11-12H2,1H3. The molecular formula is C17H25NOS. The van der Waals surface area contributed by atoms with Crippen LogP contribution in [0.2, 0.25) is 0 Å². The van der Waals surface area contributed by atoms with Crippen molar-refractivity contribution in [2.24, 2.45) is 0 Å². The van der Waals surface area contributed by atoms with Crippen molar-refractivity contribution in [1.29, 1.82) is 0 Å². The molecule has 0 amide bonds. The Morgan fingerprint density at radius 2 is 2.20 bits per heavy atom. The van der Waals surface area contributed by atoms with Crippen LogP contribution in [0.4, 0.5) is 0 Å². The average molecular weight is 291 g/mol. The zero-order valence-electron chi connectivity index (χ0n) is 12.4. The summed E-state index contributed by atoms with van der Waals surface area (Å²) in [5.41, 5.74) is 3.15. The molecule has 1 saturated heterocycles. The second kappa shape index (κ2) is 6.97. The van der Waals surface area contributed by atoms with Gasteiger partial charge in [0.1, 0.15) is 0 Å². The van der Waals surface area contributed by atoms with Gasteiger partial charge in [-0.1, -0.05) is 13.0 Å². The van der Waals surface area contributed by atoms with E-state index >= 15 is 0 Å². The van der Waals surface area contributed by atoms with Crippen LogP contribution in [-0.2, 0) is 17.6 Å². The second-order valence-corrected chi connectivity index (χ2v) is 7.52. The van der Waals surface area contributed by atoms with Gasteiger partial charge in [-0.2, -0.15) is 0 Å². The molecule has 0 spiro atoms. The molecule has 2 aliphatic rings. The molecule has 20 heavy (non-hydrogen) atoms. The highest BCUT2D eigenvalue weighted by atomic mass is 32.2. The molecule has 2 unspecified atom stereocenters. The molecular weight excluding hydrogens is 266 g/mol. The van der Waals surface area contributed by atoms with Crippen LogP contribution in [0.1, 0.15) is 37.3 Å². The quantitative estimate of drug-likeness (QED) is 0.811. The van der Waals surface area contributed by atoms with Crippen molar-refractivity contribution in [2.45, 2.75) is 55.3 Å². The zero-order valence-corrected chi connectivity index (χ0v) is 13.2. The number of benzene rings is 1. The van der Waals surface area contributed by atoms with Crippen LogP contribution in [0.3, 0.4) is 0 Å². The zero-order chi connectivity index (χ0) is 13.8. The van der Waals surface area contributed by atoms with Gasteiger partial charge in [-0.05, 0) is 55.4 Å². The Labute approximate surface area is 126 Å². The highest BCUT2D eigenvalue weighted by Crippen LogP contribution is 2.29. The first-order valence-electron chi connectivity index (χ1n) is 7.92. The van der Waals surface area contributed by atoms with Crippen molar-refractivity contribution in [3.05, 3.63) is 29.3 Å². The van der Waals surface area contributed by atoms with Crippen LogP contribution in [0.15, 0.2) is 23.1 Å². The van der Waals surface area contributed by atoms with Crippen molar-refractivity contribution in [3.8, 4) is 0 Å². The van der Waals surface area contributed by atoms with Gasteiger partial charge in [0.25, 0.3) is 0 Å². The Bertz CT molecular complexity index is 443. The summed E-state index contributed by atoms with van der Waals surface area (Å²) in [5.74, 6) is 0. The van der Waals surface area contributed by atoms with Crippen molar-refractivity contribution in [3.63, 3.8) is 0 Å². The summed E-state index contributed by atoms with van der Waals surface area (Å²) in [7, 11) is 0. The molecule has 0 saturated carbocycles. The van der Waals surface area contributed by atoms with Gasteiger partial charge in [0.2, 0.25) is 0 Å². The molecule has 0 bridgehead atoms. The monoisotopic (exact) mass is 291 g/mol. The van der Waals surface area contributed by atoms with Crippen LogP contribution >= 0.6 is 11.8 Å². The molecule has 110 valence electrons. The molecule has 0 radical (unpaired) electrons. The number of fused-ring (bicyclic) bond motifs is 1. The number of aryl methyl sites for hydroxylation is 2. The van der Waals surface area contributed by atoms with Crippen molar-refractivity contribution in [2.75, 3.05) is 19.7 Å². The highest BCUT2D eigenvalue weighted by Gasteiger charge is 2.16. The number of thioether (sulfide) groups is 1. The normalized spacial score (nSPS) is 22.9. The van der Waals surface area contributed by atoms with E-state index < -0.39 is 0 Å². The number of hydrogen-bond acceptors (Lipinski definition) is 3. The molecule has 2 atom stereocenters. The lowest BCUT2D eigenvalue weighted by molar-refractivity contribution is 0.110. The van der Waals surface area contributed by atoms with Crippen LogP contribution < -0.4 is 5.32 Å². The Morgan fingerprint density at radius 3 is 3.05 bits per heavy atom. The maximum absolute atomic E-state index is 5.63. The van der Waals surface area contributed by atoms with E-state index in [1.165, 1.54) is 37.0 Å². The average Bonchev–Trinajstić information content (AvgIpc) is 3.08. The summed E-state index contributed by atoms with van der Waals surface area (Å²) in [6.45, 7) is 5.32. The summed E-state index contributed by atoms with van der Waals surface area (Å²) >= 11 is 1.99. The van der Waals surface area contributed by atoms with Crippen LogP contribution in [0.5, 0.6) is 0 Å². The third kappa shape index (κ3) is 3.78. The fourth-order valence-corrected chi connectivity index (χ4v) is 4.17. The first-order valence-corrected chi connectivity index (χ1v) is 8.80. The van der Waals surface area contributed by atoms with Crippen molar-refractivity contribution < 1.29 is 4.74 Å². The maximum atomic E-state index is 5.63. The first-order chi connectivity index (χ1) is 9.81. The first kappa shape index (κ1) is 14.4. The molecule has 1 fully saturated rings. The topological polar surface area (TPSA) is 21.3 Å². The van der Waals surface area contributed by atoms with Gasteiger partial charge in [0, 0.05) is 29.8 Å². The van der Waals surface area contributed by atoms with E-state index in [0.717, 1.165) is 19.7 Å². The molecule has 1 heterocycles. The van der Waals surface area contributed by atoms with Gasteiger partial charge in [0.05, 0.1) is 6.10 Å². The minimum absolute atomic E-state index is 0.451. The molecule has 1 aliphatic heterocycles. The van der Waals surface area contributed by atoms with E-state index in [-0.39, 0.29) is 0 Å². The van der Waals surface area contributed by atoms with E-state index in [0.29, 0.717) is 11.4 Å². The van der Waals surface area contributed by atoms with Gasteiger partial charge >= 0.3 is 0 Å². The van der Waals surface area contributed by atoms with Gasteiger partial charge in [-0.25, -0.2) is 0 Å². The maximum Gasteiger partial charge on any atom is 0.0700 e. The lowest BCUT2D eigenvalue weighted by Crippen LogP contribution is -2.30. The van der Waals surface area contributed by atoms with Gasteiger partial charge in [0.15, 0.2) is 0 Å². The van der Waals surface area contributed by atoms with E-state index in [4.69, 9.17) is 4.74 Å². The SMILES string of the molecule is CC(CNCC1CCCO1)Sc1ccc2c(c1)CCC2. The molecule has 3 heteroatoms. The highest BCUT2D eigenvalue weighted by molar-refractivity contribution is 8.00. The van der Waals surface area contributed by atoms with Gasteiger partial charge in [-0.3, -0.25) is 0 Å². The second-order valence-electron chi connectivity index (χ2n) is 6.01. The predicted octanol–water partition coefficient (Wildman–Crippen LogP) is 3.42. The number of rotatable bonds is 6. The minimum atomic E-state index is 0.451. The molecule has 1 aliphatic carbocycles. The fourth-order valence-electron chi connectivity index (χ4n) is 3.15. The summed E-state index contributed by atoms with van der Waals surface area (Å²) < 4.78 is 5.63. The summed E-state index contributed by atoms with van der Waals surface area (Å²) in [6.07, 6.45) is 6.79. The third-order valence-corrected chi connectivity index (χ3v) is 5.33. The van der Waals surface area contributed by atoms with E-state index in [1.54, 1.807) is 11.1 Å². The van der Waals surface area contributed by atoms with Crippen LogP contribution in [0, 0.1) is 0 Å². The lowest BCUT2D eigenvalue weighted by Gasteiger charge is -2.15. The fraction of sp³-hybridized carbons (Fsp3) is 0.647. The molecule has 0 aromatic heterocycles. The Kier molecular flexibility index (Phi) is 5.03. The van der Waals surface area contributed by atoms with Crippen molar-refractivity contribution in [1.82, 2.24) is 5.32 Å². The smallest absolute Gasteiger partial charge is 0.0700 e. The molecule has 1 aromatic rings. The molecule has 2 nitrogen and oxygen atoms in total. The number of ether oxygens (including phenoxy) is 1. The van der Waals surface area contributed by atoms with Crippen molar-refractivity contribution >= 4 is 11.8 Å². The van der Waals surface area contributed by atoms with Gasteiger partial charge < -0.3 is 10.1 Å². The predicted molar refractivity (Wildman–Crippen MR) is 85.6 cm³/mol. The summed E-state index contributed by atoms with van der Waals surface area (Å²) in [5, 5.41) is 4.16. The minimum Gasteiger partial charge on any atom is -0.377 e. The third-order valence-electron chi connectivity index (χ3n) is 4.24.